The fourth-order valence-electron chi connectivity index (χ4n) is 10.1. The van der Waals surface area contributed by atoms with E-state index in [2.05, 4.69) is 215 Å². The number of hydrogen-bond donors (Lipinski definition) is 0. The van der Waals surface area contributed by atoms with Gasteiger partial charge < -0.3 is 9.13 Å². The Balaban J connectivity index is 1.03. The van der Waals surface area contributed by atoms with Crippen LogP contribution >= 0.6 is 0 Å². The third-order valence-electron chi connectivity index (χ3n) is 12.6. The lowest BCUT2D eigenvalue weighted by atomic mass is 9.95. The molecule has 2 nitrogen and oxygen atoms in total. The first kappa shape index (κ1) is 31.5. The van der Waals surface area contributed by atoms with Crippen molar-refractivity contribution in [2.24, 2.45) is 0 Å². The Hall–Kier alpha value is -7.68. The first-order valence-corrected chi connectivity index (χ1v) is 20.1. The van der Waals surface area contributed by atoms with E-state index in [1.807, 2.05) is 0 Å². The van der Waals surface area contributed by atoms with E-state index in [-0.39, 0.29) is 0 Å². The van der Waals surface area contributed by atoms with Gasteiger partial charge in [-0.15, -0.1) is 0 Å². The number of hydrogen-bond acceptors (Lipinski definition) is 0. The van der Waals surface area contributed by atoms with E-state index in [4.69, 9.17) is 0 Å². The molecule has 13 aromatic rings. The Bertz CT molecular complexity index is 3860. The Morgan fingerprint density at radius 3 is 1.26 bits per heavy atom. The molecular weight excluding hydrogens is 701 g/mol. The third-order valence-corrected chi connectivity index (χ3v) is 12.6. The van der Waals surface area contributed by atoms with Gasteiger partial charge in [0.25, 0.3) is 0 Å². The average molecular weight is 735 g/mol. The minimum Gasteiger partial charge on any atom is -0.309 e. The van der Waals surface area contributed by atoms with Crippen LogP contribution in [0.1, 0.15) is 0 Å². The standard InChI is InChI=1S/C56H34N2/c1-4-16-41-35(13-1)25-26-39-34-55(44-19-7-8-22-47(44)56(39)41)58-51-24-12-10-21-46(51)49-32-37(28-30-53(49)58)36-27-29-52-48(31-36)45-20-9-11-23-50(45)57(52)54-33-38-14-2-3-15-40(38)42-17-5-6-18-43(42)54/h1-34H. The molecule has 0 amide bonds. The summed E-state index contributed by atoms with van der Waals surface area (Å²) in [5.74, 6) is 0. The molecular formula is C56H34N2. The van der Waals surface area contributed by atoms with Gasteiger partial charge in [-0.1, -0.05) is 158 Å². The van der Waals surface area contributed by atoms with Crippen molar-refractivity contribution in [3.8, 4) is 22.5 Å². The minimum atomic E-state index is 1.20. The highest BCUT2D eigenvalue weighted by atomic mass is 15.0. The van der Waals surface area contributed by atoms with Crippen LogP contribution in [0.15, 0.2) is 206 Å². The number of fused-ring (bicyclic) bond motifs is 14. The second-order valence-electron chi connectivity index (χ2n) is 15.7. The van der Waals surface area contributed by atoms with Crippen LogP contribution < -0.4 is 0 Å². The van der Waals surface area contributed by atoms with Crippen LogP contribution in [-0.2, 0) is 0 Å². The summed E-state index contributed by atoms with van der Waals surface area (Å²) in [5.41, 5.74) is 9.66. The van der Waals surface area contributed by atoms with Crippen molar-refractivity contribution in [3.63, 3.8) is 0 Å². The smallest absolute Gasteiger partial charge is 0.0546 e. The van der Waals surface area contributed by atoms with Crippen molar-refractivity contribution in [1.29, 1.82) is 0 Å². The Kier molecular flexibility index (Phi) is 6.47. The Morgan fingerprint density at radius 2 is 0.638 bits per heavy atom. The molecule has 0 fully saturated rings. The topological polar surface area (TPSA) is 9.86 Å². The monoisotopic (exact) mass is 734 g/mol. The number of nitrogens with zero attached hydrogens (tertiary/aromatic N) is 2. The van der Waals surface area contributed by atoms with Gasteiger partial charge in [0.2, 0.25) is 0 Å². The molecule has 2 heterocycles. The van der Waals surface area contributed by atoms with Crippen LogP contribution in [-0.4, -0.2) is 9.13 Å². The van der Waals surface area contributed by atoms with E-state index in [9.17, 15) is 0 Å². The van der Waals surface area contributed by atoms with E-state index in [1.165, 1.54) is 120 Å². The molecule has 0 radical (unpaired) electrons. The summed E-state index contributed by atoms with van der Waals surface area (Å²) < 4.78 is 4.95. The summed E-state index contributed by atoms with van der Waals surface area (Å²) in [5, 5.41) is 17.7. The van der Waals surface area contributed by atoms with Gasteiger partial charge in [-0.3, -0.25) is 0 Å². The third kappa shape index (κ3) is 4.37. The molecule has 0 spiro atoms. The van der Waals surface area contributed by atoms with Gasteiger partial charge in [0.1, 0.15) is 0 Å². The van der Waals surface area contributed by atoms with E-state index in [0.29, 0.717) is 0 Å². The predicted octanol–water partition coefficient (Wildman–Crippen LogP) is 15.3. The van der Waals surface area contributed by atoms with Gasteiger partial charge in [-0.05, 0) is 103 Å². The number of para-hydroxylation sites is 2. The van der Waals surface area contributed by atoms with E-state index in [0.717, 1.165) is 0 Å². The maximum absolute atomic E-state index is 2.48. The summed E-state index contributed by atoms with van der Waals surface area (Å²) in [6.07, 6.45) is 0. The summed E-state index contributed by atoms with van der Waals surface area (Å²) in [4.78, 5) is 0. The fourth-order valence-corrected chi connectivity index (χ4v) is 10.1. The zero-order valence-corrected chi connectivity index (χ0v) is 31.5. The second kappa shape index (κ2) is 11.9. The molecule has 58 heavy (non-hydrogen) atoms. The van der Waals surface area contributed by atoms with Gasteiger partial charge in [0.15, 0.2) is 0 Å². The summed E-state index contributed by atoms with van der Waals surface area (Å²) in [6, 6.07) is 76.3. The van der Waals surface area contributed by atoms with Crippen LogP contribution in [0.3, 0.4) is 0 Å². The van der Waals surface area contributed by atoms with E-state index >= 15 is 0 Å². The maximum Gasteiger partial charge on any atom is 0.0546 e. The molecule has 0 aliphatic heterocycles. The lowest BCUT2D eigenvalue weighted by Crippen LogP contribution is -1.96. The first-order valence-electron chi connectivity index (χ1n) is 20.1. The van der Waals surface area contributed by atoms with Gasteiger partial charge >= 0.3 is 0 Å². The molecule has 0 saturated carbocycles. The maximum atomic E-state index is 2.48. The van der Waals surface area contributed by atoms with Crippen molar-refractivity contribution in [2.75, 3.05) is 0 Å². The molecule has 0 atom stereocenters. The second-order valence-corrected chi connectivity index (χ2v) is 15.7. The van der Waals surface area contributed by atoms with Crippen molar-refractivity contribution in [2.45, 2.75) is 0 Å². The molecule has 0 bridgehead atoms. The fraction of sp³-hybridized carbons (Fsp3) is 0. The summed E-state index contributed by atoms with van der Waals surface area (Å²) in [6.45, 7) is 0. The molecule has 0 N–H and O–H groups in total. The molecule has 0 aliphatic rings. The SMILES string of the molecule is c1ccc2c(c1)cc(-n1c3ccccc3c3cc(-c4ccc5c(c4)c4ccccc4n5-c4cc5ccc6ccccc6c5c5ccccc45)ccc31)c1ccccc12. The molecule has 0 unspecified atom stereocenters. The highest BCUT2D eigenvalue weighted by Crippen LogP contribution is 2.43. The van der Waals surface area contributed by atoms with Crippen molar-refractivity contribution in [1.82, 2.24) is 9.13 Å². The lowest BCUT2D eigenvalue weighted by molar-refractivity contribution is 1.20. The van der Waals surface area contributed by atoms with Crippen molar-refractivity contribution < 1.29 is 0 Å². The van der Waals surface area contributed by atoms with Gasteiger partial charge in [-0.2, -0.15) is 0 Å². The van der Waals surface area contributed by atoms with E-state index in [1.54, 1.807) is 0 Å². The molecule has 0 aliphatic carbocycles. The zero-order valence-electron chi connectivity index (χ0n) is 31.5. The number of benzene rings is 11. The minimum absolute atomic E-state index is 1.20. The highest BCUT2D eigenvalue weighted by molar-refractivity contribution is 6.23. The number of rotatable bonds is 3. The van der Waals surface area contributed by atoms with Gasteiger partial charge in [-0.25, -0.2) is 0 Å². The zero-order chi connectivity index (χ0) is 37.9. The quantitative estimate of drug-likeness (QED) is 0.160. The number of aromatic nitrogens is 2. The Labute approximate surface area is 334 Å². The van der Waals surface area contributed by atoms with Gasteiger partial charge in [0.05, 0.1) is 33.4 Å². The molecule has 2 heteroatoms. The molecule has 11 aromatic carbocycles. The highest BCUT2D eigenvalue weighted by Gasteiger charge is 2.19. The van der Waals surface area contributed by atoms with Crippen molar-refractivity contribution >= 4 is 97.5 Å². The average Bonchev–Trinajstić information content (AvgIpc) is 3.80. The van der Waals surface area contributed by atoms with E-state index < -0.39 is 0 Å². The van der Waals surface area contributed by atoms with Crippen LogP contribution in [0.25, 0.3) is 120 Å². The molecule has 13 rings (SSSR count). The van der Waals surface area contributed by atoms with Crippen LogP contribution in [0.4, 0.5) is 0 Å². The normalized spacial score (nSPS) is 12.1. The van der Waals surface area contributed by atoms with Crippen LogP contribution in [0.5, 0.6) is 0 Å². The molecule has 0 saturated heterocycles. The predicted molar refractivity (Wildman–Crippen MR) is 248 cm³/mol. The largest absolute Gasteiger partial charge is 0.309 e. The van der Waals surface area contributed by atoms with Crippen LogP contribution in [0, 0.1) is 0 Å². The summed E-state index contributed by atoms with van der Waals surface area (Å²) in [7, 11) is 0. The lowest BCUT2D eigenvalue weighted by Gasteiger charge is -2.16. The molecule has 268 valence electrons. The van der Waals surface area contributed by atoms with Crippen LogP contribution in [0.2, 0.25) is 0 Å². The molecule has 2 aromatic heterocycles. The van der Waals surface area contributed by atoms with Gasteiger partial charge in [0, 0.05) is 32.3 Å². The Morgan fingerprint density at radius 1 is 0.224 bits per heavy atom. The first-order chi connectivity index (χ1) is 28.8. The summed E-state index contributed by atoms with van der Waals surface area (Å²) >= 11 is 0. The van der Waals surface area contributed by atoms with Crippen molar-refractivity contribution in [3.05, 3.63) is 206 Å².